The van der Waals surface area contributed by atoms with Crippen molar-refractivity contribution < 1.29 is 0 Å². The van der Waals surface area contributed by atoms with E-state index in [1.165, 1.54) is 11.3 Å². The molecule has 0 spiro atoms. The topological polar surface area (TPSA) is 36.7 Å². The molecule has 0 saturated heterocycles. The highest BCUT2D eigenvalue weighted by Gasteiger charge is 2.09. The SMILES string of the molecule is N#C/C(=C\c1cccc(Cl)c1)c1nc(-c2ccc(Cl)cc2)cs1. The Bertz CT molecular complexity index is 905. The van der Waals surface area contributed by atoms with Crippen LogP contribution in [0, 0.1) is 11.3 Å². The van der Waals surface area contributed by atoms with Gasteiger partial charge in [-0.3, -0.25) is 0 Å². The molecular formula is C18H10Cl2N2S. The third kappa shape index (κ3) is 3.80. The van der Waals surface area contributed by atoms with Gasteiger partial charge in [-0.2, -0.15) is 5.26 Å². The maximum atomic E-state index is 9.42. The number of nitrogens with zero attached hydrogens (tertiary/aromatic N) is 2. The quantitative estimate of drug-likeness (QED) is 0.525. The van der Waals surface area contributed by atoms with E-state index in [4.69, 9.17) is 23.2 Å². The van der Waals surface area contributed by atoms with Crippen LogP contribution in [0.1, 0.15) is 10.6 Å². The van der Waals surface area contributed by atoms with E-state index in [0.29, 0.717) is 20.6 Å². The number of hydrogen-bond donors (Lipinski definition) is 0. The summed E-state index contributed by atoms with van der Waals surface area (Å²) in [5.74, 6) is 0. The maximum absolute atomic E-state index is 9.42. The van der Waals surface area contributed by atoms with Crippen molar-refractivity contribution in [1.82, 2.24) is 4.98 Å². The Morgan fingerprint density at radius 1 is 1.09 bits per heavy atom. The molecule has 0 aliphatic carbocycles. The van der Waals surface area contributed by atoms with E-state index in [2.05, 4.69) is 11.1 Å². The summed E-state index contributed by atoms with van der Waals surface area (Å²) >= 11 is 13.3. The van der Waals surface area contributed by atoms with E-state index in [1.807, 2.05) is 47.8 Å². The average molecular weight is 357 g/mol. The second kappa shape index (κ2) is 6.97. The van der Waals surface area contributed by atoms with E-state index in [1.54, 1.807) is 12.1 Å². The van der Waals surface area contributed by atoms with Crippen molar-refractivity contribution in [3.8, 4) is 17.3 Å². The lowest BCUT2D eigenvalue weighted by atomic mass is 10.1. The zero-order valence-electron chi connectivity index (χ0n) is 11.8. The third-order valence-corrected chi connectivity index (χ3v) is 4.52. The van der Waals surface area contributed by atoms with Crippen LogP contribution in [0.4, 0.5) is 0 Å². The first-order chi connectivity index (χ1) is 11.2. The van der Waals surface area contributed by atoms with Gasteiger partial charge in [-0.25, -0.2) is 4.98 Å². The third-order valence-electron chi connectivity index (χ3n) is 3.15. The smallest absolute Gasteiger partial charge is 0.134 e. The van der Waals surface area contributed by atoms with Gasteiger partial charge in [0.15, 0.2) is 0 Å². The van der Waals surface area contributed by atoms with Crippen LogP contribution < -0.4 is 0 Å². The highest BCUT2D eigenvalue weighted by molar-refractivity contribution is 7.11. The first-order valence-corrected chi connectivity index (χ1v) is 8.38. The van der Waals surface area contributed by atoms with E-state index in [0.717, 1.165) is 16.8 Å². The molecule has 112 valence electrons. The molecule has 5 heteroatoms. The van der Waals surface area contributed by atoms with Gasteiger partial charge in [0.2, 0.25) is 0 Å². The van der Waals surface area contributed by atoms with Crippen LogP contribution in [0.15, 0.2) is 53.9 Å². The molecule has 2 nitrogen and oxygen atoms in total. The summed E-state index contributed by atoms with van der Waals surface area (Å²) in [7, 11) is 0. The standard InChI is InChI=1S/C18H10Cl2N2S/c19-15-6-4-13(5-7-15)17-11-23-18(22-17)14(10-21)8-12-2-1-3-16(20)9-12/h1-9,11H/b14-8+. The van der Waals surface area contributed by atoms with Crippen molar-refractivity contribution in [3.05, 3.63) is 74.5 Å². The van der Waals surface area contributed by atoms with Crippen LogP contribution >= 0.6 is 34.5 Å². The van der Waals surface area contributed by atoms with Gasteiger partial charge in [0.1, 0.15) is 11.1 Å². The van der Waals surface area contributed by atoms with Gasteiger partial charge in [0.25, 0.3) is 0 Å². The molecule has 0 bridgehead atoms. The van der Waals surface area contributed by atoms with Crippen molar-refractivity contribution in [2.45, 2.75) is 0 Å². The second-order valence-electron chi connectivity index (χ2n) is 4.77. The van der Waals surface area contributed by atoms with Gasteiger partial charge in [0, 0.05) is 21.0 Å². The Morgan fingerprint density at radius 2 is 1.87 bits per heavy atom. The molecule has 0 amide bonds. The average Bonchev–Trinajstić information content (AvgIpc) is 3.03. The molecule has 2 aromatic carbocycles. The molecule has 0 fully saturated rings. The van der Waals surface area contributed by atoms with Crippen molar-refractivity contribution in [2.24, 2.45) is 0 Å². The number of thiazole rings is 1. The number of aromatic nitrogens is 1. The largest absolute Gasteiger partial charge is 0.235 e. The van der Waals surface area contributed by atoms with Crippen molar-refractivity contribution in [2.75, 3.05) is 0 Å². The Kier molecular flexibility index (Phi) is 4.78. The molecule has 0 saturated carbocycles. The second-order valence-corrected chi connectivity index (χ2v) is 6.50. The maximum Gasteiger partial charge on any atom is 0.134 e. The van der Waals surface area contributed by atoms with E-state index >= 15 is 0 Å². The van der Waals surface area contributed by atoms with Crippen molar-refractivity contribution in [3.63, 3.8) is 0 Å². The Labute approximate surface area is 148 Å². The number of nitriles is 1. The lowest BCUT2D eigenvalue weighted by molar-refractivity contribution is 1.37. The first kappa shape index (κ1) is 15.8. The predicted molar refractivity (Wildman–Crippen MR) is 97.5 cm³/mol. The molecule has 0 aliphatic heterocycles. The minimum absolute atomic E-state index is 0.512. The van der Waals surface area contributed by atoms with Gasteiger partial charge in [-0.05, 0) is 35.9 Å². The van der Waals surface area contributed by atoms with Crippen molar-refractivity contribution in [1.29, 1.82) is 5.26 Å². The Balaban J connectivity index is 1.94. The summed E-state index contributed by atoms with van der Waals surface area (Å²) in [6, 6.07) is 17.0. The lowest BCUT2D eigenvalue weighted by Crippen LogP contribution is -1.83. The van der Waals surface area contributed by atoms with Gasteiger partial charge < -0.3 is 0 Å². The fraction of sp³-hybridized carbons (Fsp3) is 0. The van der Waals surface area contributed by atoms with Gasteiger partial charge in [-0.1, -0.05) is 47.5 Å². The van der Waals surface area contributed by atoms with Crippen LogP contribution in [0.5, 0.6) is 0 Å². The van der Waals surface area contributed by atoms with E-state index in [9.17, 15) is 5.26 Å². The molecule has 0 aliphatic rings. The number of rotatable bonds is 3. The molecule has 1 aromatic heterocycles. The number of allylic oxidation sites excluding steroid dienone is 1. The fourth-order valence-corrected chi connectivity index (χ4v) is 3.17. The minimum atomic E-state index is 0.512. The normalized spacial score (nSPS) is 11.3. The molecule has 0 radical (unpaired) electrons. The molecule has 3 rings (SSSR count). The summed E-state index contributed by atoms with van der Waals surface area (Å²) in [6.45, 7) is 0. The predicted octanol–water partition coefficient (Wildman–Crippen LogP) is 6.18. The number of hydrogen-bond acceptors (Lipinski definition) is 3. The zero-order valence-corrected chi connectivity index (χ0v) is 14.2. The summed E-state index contributed by atoms with van der Waals surface area (Å²) < 4.78 is 0. The van der Waals surface area contributed by atoms with Crippen LogP contribution in [-0.4, -0.2) is 4.98 Å². The molecule has 0 atom stereocenters. The zero-order chi connectivity index (χ0) is 16.2. The van der Waals surface area contributed by atoms with Crippen molar-refractivity contribution >= 4 is 46.2 Å². The summed E-state index contributed by atoms with van der Waals surface area (Å²) in [5, 5.41) is 13.4. The highest BCUT2D eigenvalue weighted by atomic mass is 35.5. The minimum Gasteiger partial charge on any atom is -0.235 e. The van der Waals surface area contributed by atoms with Gasteiger partial charge in [-0.15, -0.1) is 11.3 Å². The molecule has 0 N–H and O–H groups in total. The first-order valence-electron chi connectivity index (χ1n) is 6.75. The number of benzene rings is 2. The van der Waals surface area contributed by atoms with E-state index in [-0.39, 0.29) is 0 Å². The summed E-state index contributed by atoms with van der Waals surface area (Å²) in [5.41, 5.74) is 3.18. The van der Waals surface area contributed by atoms with Crippen LogP contribution in [0.25, 0.3) is 22.9 Å². The van der Waals surface area contributed by atoms with Crippen LogP contribution in [-0.2, 0) is 0 Å². The molecule has 1 heterocycles. The highest BCUT2D eigenvalue weighted by Crippen LogP contribution is 2.28. The lowest BCUT2D eigenvalue weighted by Gasteiger charge is -1.97. The monoisotopic (exact) mass is 356 g/mol. The molecule has 3 aromatic rings. The molecule has 0 unspecified atom stereocenters. The molecule has 23 heavy (non-hydrogen) atoms. The van der Waals surface area contributed by atoms with E-state index < -0.39 is 0 Å². The molecular weight excluding hydrogens is 347 g/mol. The Hall–Kier alpha value is -2.12. The van der Waals surface area contributed by atoms with Gasteiger partial charge >= 0.3 is 0 Å². The number of halogens is 2. The Morgan fingerprint density at radius 3 is 2.57 bits per heavy atom. The van der Waals surface area contributed by atoms with Gasteiger partial charge in [0.05, 0.1) is 11.3 Å². The van der Waals surface area contributed by atoms with Crippen LogP contribution in [0.2, 0.25) is 10.0 Å². The summed E-state index contributed by atoms with van der Waals surface area (Å²) in [4.78, 5) is 4.55. The van der Waals surface area contributed by atoms with Crippen LogP contribution in [0.3, 0.4) is 0 Å². The fourth-order valence-electron chi connectivity index (χ4n) is 2.06. The summed E-state index contributed by atoms with van der Waals surface area (Å²) in [6.07, 6.45) is 1.79.